The van der Waals surface area contributed by atoms with Crippen LogP contribution in [0.5, 0.6) is 0 Å². The van der Waals surface area contributed by atoms with Gasteiger partial charge in [0.05, 0.1) is 5.60 Å². The van der Waals surface area contributed by atoms with Crippen molar-refractivity contribution in [1.29, 1.82) is 0 Å². The summed E-state index contributed by atoms with van der Waals surface area (Å²) < 4.78 is 5.55. The van der Waals surface area contributed by atoms with Gasteiger partial charge in [0.2, 0.25) is 5.79 Å². The average molecular weight is 333 g/mol. The molecule has 0 bridgehead atoms. The van der Waals surface area contributed by atoms with Crippen LogP contribution < -0.4 is 0 Å². The summed E-state index contributed by atoms with van der Waals surface area (Å²) in [6.45, 7) is 1.37. The molecule has 2 aliphatic rings. The number of rotatable bonds is 4. The van der Waals surface area contributed by atoms with Crippen molar-refractivity contribution in [1.82, 2.24) is 4.90 Å². The molecule has 0 amide bonds. The van der Waals surface area contributed by atoms with Gasteiger partial charge in [-0.25, -0.2) is 0 Å². The van der Waals surface area contributed by atoms with Gasteiger partial charge in [-0.2, -0.15) is 0 Å². The first-order valence-corrected chi connectivity index (χ1v) is 8.83. The summed E-state index contributed by atoms with van der Waals surface area (Å²) in [5.74, 6) is -2.69. The second kappa shape index (κ2) is 6.82. The molecule has 0 aromatic heterocycles. The fourth-order valence-electron chi connectivity index (χ4n) is 3.90. The highest BCUT2D eigenvalue weighted by atomic mass is 16.7. The second-order valence-electron chi connectivity index (χ2n) is 7.32. The fourth-order valence-corrected chi connectivity index (χ4v) is 3.90. The summed E-state index contributed by atoms with van der Waals surface area (Å²) in [4.78, 5) is 15.0. The zero-order valence-corrected chi connectivity index (χ0v) is 14.3. The number of carbonyl (C=O) groups excluding carboxylic acids is 1. The van der Waals surface area contributed by atoms with Crippen molar-refractivity contribution in [2.75, 3.05) is 20.1 Å². The number of ether oxygens (including phenoxy) is 1. The molecule has 1 saturated carbocycles. The quantitative estimate of drug-likeness (QED) is 0.652. The van der Waals surface area contributed by atoms with Gasteiger partial charge in [-0.05, 0) is 25.5 Å². The lowest BCUT2D eigenvalue weighted by Gasteiger charge is -2.38. The van der Waals surface area contributed by atoms with Gasteiger partial charge in [-0.3, -0.25) is 4.79 Å². The van der Waals surface area contributed by atoms with Crippen LogP contribution in [0.15, 0.2) is 30.3 Å². The number of benzene rings is 1. The van der Waals surface area contributed by atoms with Crippen molar-refractivity contribution in [2.24, 2.45) is 0 Å². The maximum Gasteiger partial charge on any atom is 0.318 e. The Labute approximate surface area is 143 Å². The van der Waals surface area contributed by atoms with Crippen LogP contribution in [-0.2, 0) is 9.53 Å². The predicted molar refractivity (Wildman–Crippen MR) is 90.4 cm³/mol. The Morgan fingerprint density at radius 1 is 1.08 bits per heavy atom. The Bertz CT molecular complexity index is 560. The minimum Gasteiger partial charge on any atom is -0.433 e. The van der Waals surface area contributed by atoms with Crippen LogP contribution in [-0.4, -0.2) is 52.6 Å². The van der Waals surface area contributed by atoms with Crippen LogP contribution in [0.4, 0.5) is 0 Å². The maximum atomic E-state index is 12.9. The van der Waals surface area contributed by atoms with Crippen molar-refractivity contribution in [3.05, 3.63) is 35.9 Å². The van der Waals surface area contributed by atoms with Gasteiger partial charge in [0.15, 0.2) is 0 Å². The van der Waals surface area contributed by atoms with Gasteiger partial charge < -0.3 is 19.8 Å². The first-order valence-electron chi connectivity index (χ1n) is 8.83. The molecule has 3 rings (SSSR count). The lowest BCUT2D eigenvalue weighted by molar-refractivity contribution is -0.228. The molecule has 1 heterocycles. The number of nitrogens with zero attached hydrogens (tertiary/aromatic N) is 1. The van der Waals surface area contributed by atoms with Crippen molar-refractivity contribution < 1.29 is 19.7 Å². The van der Waals surface area contributed by atoms with E-state index >= 15 is 0 Å². The van der Waals surface area contributed by atoms with E-state index in [4.69, 9.17) is 4.74 Å². The average Bonchev–Trinajstić information content (AvgIpc) is 2.99. The molecule has 1 aliphatic heterocycles. The number of piperidine rings is 1. The molecule has 1 atom stereocenters. The summed E-state index contributed by atoms with van der Waals surface area (Å²) in [6, 6.07) is 9.30. The first-order chi connectivity index (χ1) is 11.4. The lowest BCUT2D eigenvalue weighted by Crippen LogP contribution is -2.48. The number of hydrogen-bond donors (Lipinski definition) is 2. The summed E-state index contributed by atoms with van der Waals surface area (Å²) >= 11 is 0. The molecule has 1 saturated heterocycles. The van der Waals surface area contributed by atoms with Crippen LogP contribution >= 0.6 is 0 Å². The maximum absolute atomic E-state index is 12.9. The van der Waals surface area contributed by atoms with Gasteiger partial charge in [-0.1, -0.05) is 43.2 Å². The van der Waals surface area contributed by atoms with Gasteiger partial charge in [-0.15, -0.1) is 0 Å². The summed E-state index contributed by atoms with van der Waals surface area (Å²) in [6.07, 6.45) is 3.78. The number of carbonyl (C=O) groups is 1. The van der Waals surface area contributed by atoms with Crippen molar-refractivity contribution >= 4 is 5.97 Å². The van der Waals surface area contributed by atoms with Crippen LogP contribution in [0.1, 0.15) is 50.0 Å². The molecular weight excluding hydrogens is 306 g/mol. The molecule has 0 unspecified atom stereocenters. The van der Waals surface area contributed by atoms with E-state index in [1.54, 1.807) is 0 Å². The zero-order chi connectivity index (χ0) is 17.2. The highest BCUT2D eigenvalue weighted by molar-refractivity contribution is 5.80. The molecule has 1 aliphatic carbocycles. The van der Waals surface area contributed by atoms with E-state index in [-0.39, 0.29) is 0 Å². The Hall–Kier alpha value is -1.43. The highest BCUT2D eigenvalue weighted by Gasteiger charge is 2.47. The SMILES string of the molecule is CN1CCC(O)(OC(=O)[C@H](c2ccccc2)C2(O)CCCC2)CC1. The van der Waals surface area contributed by atoms with E-state index in [1.165, 1.54) is 0 Å². The van der Waals surface area contributed by atoms with E-state index in [1.807, 2.05) is 37.4 Å². The number of esters is 1. The Kier molecular flexibility index (Phi) is 4.95. The second-order valence-corrected chi connectivity index (χ2v) is 7.32. The molecule has 0 spiro atoms. The summed E-state index contributed by atoms with van der Waals surface area (Å²) in [5.41, 5.74) is -0.330. The molecule has 5 nitrogen and oxygen atoms in total. The molecule has 2 N–H and O–H groups in total. The van der Waals surface area contributed by atoms with Crippen LogP contribution in [0.3, 0.4) is 0 Å². The molecule has 0 radical (unpaired) electrons. The van der Waals surface area contributed by atoms with E-state index in [2.05, 4.69) is 4.90 Å². The Balaban J connectivity index is 1.82. The van der Waals surface area contributed by atoms with Crippen LogP contribution in [0.25, 0.3) is 0 Å². The van der Waals surface area contributed by atoms with Gasteiger partial charge in [0, 0.05) is 25.9 Å². The molecule has 1 aromatic rings. The van der Waals surface area contributed by atoms with E-state index in [0.717, 1.165) is 18.4 Å². The molecule has 132 valence electrons. The standard InChI is InChI=1S/C19H27NO4/c1-20-13-11-19(23,12-14-20)24-17(21)16(15-7-3-2-4-8-15)18(22)9-5-6-10-18/h2-4,7-8,16,22-23H,5-6,9-14H2,1H3/t16-/m0/s1. The Morgan fingerprint density at radius 3 is 2.25 bits per heavy atom. The molecule has 5 heteroatoms. The van der Waals surface area contributed by atoms with E-state index in [0.29, 0.717) is 38.8 Å². The Morgan fingerprint density at radius 2 is 1.67 bits per heavy atom. The third-order valence-electron chi connectivity index (χ3n) is 5.43. The monoisotopic (exact) mass is 333 g/mol. The lowest BCUT2D eigenvalue weighted by atomic mass is 9.80. The third-order valence-corrected chi connectivity index (χ3v) is 5.43. The van der Waals surface area contributed by atoms with Crippen molar-refractivity contribution in [3.8, 4) is 0 Å². The van der Waals surface area contributed by atoms with Crippen LogP contribution in [0.2, 0.25) is 0 Å². The first kappa shape index (κ1) is 17.4. The third kappa shape index (κ3) is 3.63. The smallest absolute Gasteiger partial charge is 0.318 e. The fraction of sp³-hybridized carbons (Fsp3) is 0.632. The minimum atomic E-state index is -1.43. The van der Waals surface area contributed by atoms with Gasteiger partial charge in [0.1, 0.15) is 5.92 Å². The minimum absolute atomic E-state index is 0.398. The summed E-state index contributed by atoms with van der Waals surface area (Å²) in [7, 11) is 1.98. The van der Waals surface area contributed by atoms with Crippen molar-refractivity contribution in [3.63, 3.8) is 0 Å². The predicted octanol–water partition coefficient (Wildman–Crippen LogP) is 2.03. The normalized spacial score (nSPS) is 24.5. The van der Waals surface area contributed by atoms with E-state index < -0.39 is 23.3 Å². The number of hydrogen-bond acceptors (Lipinski definition) is 5. The van der Waals surface area contributed by atoms with Gasteiger partial charge >= 0.3 is 5.97 Å². The molecule has 2 fully saturated rings. The molecule has 1 aromatic carbocycles. The topological polar surface area (TPSA) is 70.0 Å². The number of aliphatic hydroxyl groups is 2. The van der Waals surface area contributed by atoms with E-state index in [9.17, 15) is 15.0 Å². The zero-order valence-electron chi connectivity index (χ0n) is 14.3. The molecule has 24 heavy (non-hydrogen) atoms. The van der Waals surface area contributed by atoms with Gasteiger partial charge in [0.25, 0.3) is 0 Å². The summed E-state index contributed by atoms with van der Waals surface area (Å²) in [5, 5.41) is 21.7. The highest BCUT2D eigenvalue weighted by Crippen LogP contribution is 2.43. The number of likely N-dealkylation sites (tertiary alicyclic amines) is 1. The molecular formula is C19H27NO4. The van der Waals surface area contributed by atoms with Crippen molar-refractivity contribution in [2.45, 2.75) is 55.8 Å². The van der Waals surface area contributed by atoms with Crippen LogP contribution in [0, 0.1) is 0 Å². The largest absolute Gasteiger partial charge is 0.433 e.